The molecule has 0 N–H and O–H groups in total. The maximum atomic E-state index is 6.51. The van der Waals surface area contributed by atoms with Crippen LogP contribution >= 0.6 is 11.6 Å². The summed E-state index contributed by atoms with van der Waals surface area (Å²) in [6.07, 6.45) is 7.87. The lowest BCUT2D eigenvalue weighted by atomic mass is 9.87. The first-order valence-electron chi connectivity index (χ1n) is 7.87. The molecule has 0 fully saturated rings. The molecule has 0 radical (unpaired) electrons. The minimum absolute atomic E-state index is 0.367. The van der Waals surface area contributed by atoms with Gasteiger partial charge in [0.05, 0.1) is 5.69 Å². The summed E-state index contributed by atoms with van der Waals surface area (Å²) in [6, 6.07) is 4.51. The molecule has 3 rings (SSSR count). The summed E-state index contributed by atoms with van der Waals surface area (Å²) < 4.78 is 1.87. The van der Waals surface area contributed by atoms with Crippen LogP contribution in [0.15, 0.2) is 18.3 Å². The monoisotopic (exact) mass is 303 g/mol. The van der Waals surface area contributed by atoms with E-state index < -0.39 is 0 Å². The van der Waals surface area contributed by atoms with Gasteiger partial charge in [-0.15, -0.1) is 5.10 Å². The van der Waals surface area contributed by atoms with Gasteiger partial charge in [0.15, 0.2) is 0 Å². The normalized spacial score (nSPS) is 15.8. The Morgan fingerprint density at radius 2 is 1.95 bits per heavy atom. The van der Waals surface area contributed by atoms with Crippen LogP contribution in [0.2, 0.25) is 5.02 Å². The predicted molar refractivity (Wildman–Crippen MR) is 85.9 cm³/mol. The molecule has 1 aliphatic carbocycles. The molecule has 4 heteroatoms. The predicted octanol–water partition coefficient (Wildman–Crippen LogP) is 4.18. The fourth-order valence-electron chi connectivity index (χ4n) is 3.16. The Bertz CT molecular complexity index is 633. The highest BCUT2D eigenvalue weighted by Crippen LogP contribution is 2.32. The molecule has 1 aromatic carbocycles. The van der Waals surface area contributed by atoms with Gasteiger partial charge >= 0.3 is 0 Å². The molecule has 21 heavy (non-hydrogen) atoms. The molecule has 0 saturated heterocycles. The Balaban J connectivity index is 1.82. The Morgan fingerprint density at radius 3 is 2.62 bits per heavy atom. The molecule has 0 amide bonds. The summed E-state index contributed by atoms with van der Waals surface area (Å²) in [5, 5.41) is 9.26. The van der Waals surface area contributed by atoms with Gasteiger partial charge in [-0.25, -0.2) is 0 Å². The second kappa shape index (κ2) is 6.18. The van der Waals surface area contributed by atoms with Crippen molar-refractivity contribution in [3.63, 3.8) is 0 Å². The van der Waals surface area contributed by atoms with Crippen molar-refractivity contribution in [1.82, 2.24) is 15.0 Å². The SMILES string of the molecule is CCn1cc(CC(C)c2cc3c(cc2Cl)CCCC3)nn1. The molecule has 1 atom stereocenters. The van der Waals surface area contributed by atoms with Crippen LogP contribution in [0.1, 0.15) is 55.0 Å². The largest absolute Gasteiger partial charge is 0.253 e. The third kappa shape index (κ3) is 3.13. The number of fused-ring (bicyclic) bond motifs is 1. The zero-order chi connectivity index (χ0) is 14.8. The minimum Gasteiger partial charge on any atom is -0.253 e. The summed E-state index contributed by atoms with van der Waals surface area (Å²) in [7, 11) is 0. The molecule has 1 heterocycles. The van der Waals surface area contributed by atoms with Crippen LogP contribution in [0.25, 0.3) is 0 Å². The van der Waals surface area contributed by atoms with Crippen LogP contribution in [0.4, 0.5) is 0 Å². The maximum absolute atomic E-state index is 6.51. The average Bonchev–Trinajstić information content (AvgIpc) is 2.94. The molecule has 1 aromatic heterocycles. The topological polar surface area (TPSA) is 30.7 Å². The van der Waals surface area contributed by atoms with Crippen molar-refractivity contribution >= 4 is 11.6 Å². The van der Waals surface area contributed by atoms with Gasteiger partial charge in [0.1, 0.15) is 0 Å². The summed E-state index contributed by atoms with van der Waals surface area (Å²) >= 11 is 6.51. The minimum atomic E-state index is 0.367. The van der Waals surface area contributed by atoms with E-state index in [9.17, 15) is 0 Å². The number of hydrogen-bond donors (Lipinski definition) is 0. The number of aromatic nitrogens is 3. The van der Waals surface area contributed by atoms with Crippen molar-refractivity contribution in [2.24, 2.45) is 0 Å². The molecule has 1 unspecified atom stereocenters. The fraction of sp³-hybridized carbons (Fsp3) is 0.529. The lowest BCUT2D eigenvalue weighted by Crippen LogP contribution is -2.07. The highest BCUT2D eigenvalue weighted by atomic mass is 35.5. The first-order chi connectivity index (χ1) is 10.2. The van der Waals surface area contributed by atoms with E-state index in [0.29, 0.717) is 5.92 Å². The van der Waals surface area contributed by atoms with Gasteiger partial charge < -0.3 is 0 Å². The summed E-state index contributed by atoms with van der Waals surface area (Å²) in [5.41, 5.74) is 5.23. The second-order valence-corrected chi connectivity index (χ2v) is 6.43. The van der Waals surface area contributed by atoms with Gasteiger partial charge in [0.25, 0.3) is 0 Å². The Kier molecular flexibility index (Phi) is 4.29. The fourth-order valence-corrected chi connectivity index (χ4v) is 3.54. The van der Waals surface area contributed by atoms with E-state index in [1.807, 2.05) is 10.9 Å². The lowest BCUT2D eigenvalue weighted by Gasteiger charge is -2.20. The van der Waals surface area contributed by atoms with E-state index in [-0.39, 0.29) is 0 Å². The van der Waals surface area contributed by atoms with Gasteiger partial charge in [0.2, 0.25) is 0 Å². The van der Waals surface area contributed by atoms with E-state index in [4.69, 9.17) is 11.6 Å². The van der Waals surface area contributed by atoms with Gasteiger partial charge in [-0.2, -0.15) is 0 Å². The molecule has 1 aliphatic rings. The standard InChI is InChI=1S/C17H22ClN3/c1-3-21-11-15(19-20-21)8-12(2)16-9-13-6-4-5-7-14(13)10-17(16)18/h9-12H,3-8H2,1-2H3. The number of nitrogens with zero attached hydrogens (tertiary/aromatic N) is 3. The maximum Gasteiger partial charge on any atom is 0.0833 e. The molecule has 112 valence electrons. The Morgan fingerprint density at radius 1 is 1.24 bits per heavy atom. The zero-order valence-corrected chi connectivity index (χ0v) is 13.5. The quantitative estimate of drug-likeness (QED) is 0.848. The van der Waals surface area contributed by atoms with Crippen molar-refractivity contribution in [3.8, 4) is 0 Å². The summed E-state index contributed by atoms with van der Waals surface area (Å²) in [6.45, 7) is 5.16. The average molecular weight is 304 g/mol. The van der Waals surface area contributed by atoms with Gasteiger partial charge in [-0.05, 0) is 67.7 Å². The van der Waals surface area contributed by atoms with Gasteiger partial charge in [-0.3, -0.25) is 4.68 Å². The number of rotatable bonds is 4. The molecule has 3 nitrogen and oxygen atoms in total. The van der Waals surface area contributed by atoms with Gasteiger partial charge in [0, 0.05) is 17.8 Å². The number of hydrogen-bond acceptors (Lipinski definition) is 2. The van der Waals surface area contributed by atoms with E-state index in [2.05, 4.69) is 36.3 Å². The Hall–Kier alpha value is -1.35. The third-order valence-electron chi connectivity index (χ3n) is 4.42. The molecule has 2 aromatic rings. The van der Waals surface area contributed by atoms with Crippen molar-refractivity contribution in [3.05, 3.63) is 45.7 Å². The first kappa shape index (κ1) is 14.6. The molecular formula is C17H22ClN3. The van der Waals surface area contributed by atoms with E-state index in [1.165, 1.54) is 42.4 Å². The molecule has 0 bridgehead atoms. The summed E-state index contributed by atoms with van der Waals surface area (Å²) in [5.74, 6) is 0.367. The number of aryl methyl sites for hydroxylation is 3. The third-order valence-corrected chi connectivity index (χ3v) is 4.74. The van der Waals surface area contributed by atoms with E-state index >= 15 is 0 Å². The zero-order valence-electron chi connectivity index (χ0n) is 12.8. The number of halogens is 1. The molecule has 0 aliphatic heterocycles. The highest BCUT2D eigenvalue weighted by Gasteiger charge is 2.17. The van der Waals surface area contributed by atoms with Crippen molar-refractivity contribution in [1.29, 1.82) is 0 Å². The van der Waals surface area contributed by atoms with E-state index in [1.54, 1.807) is 0 Å². The first-order valence-corrected chi connectivity index (χ1v) is 8.25. The van der Waals surface area contributed by atoms with Crippen molar-refractivity contribution in [2.45, 2.75) is 58.4 Å². The summed E-state index contributed by atoms with van der Waals surface area (Å²) in [4.78, 5) is 0. The van der Waals surface area contributed by atoms with Gasteiger partial charge in [-0.1, -0.05) is 29.8 Å². The highest BCUT2D eigenvalue weighted by molar-refractivity contribution is 6.31. The van der Waals surface area contributed by atoms with Crippen LogP contribution in [-0.4, -0.2) is 15.0 Å². The lowest BCUT2D eigenvalue weighted by molar-refractivity contribution is 0.626. The van der Waals surface area contributed by atoms with Crippen LogP contribution < -0.4 is 0 Å². The van der Waals surface area contributed by atoms with Crippen LogP contribution in [0.3, 0.4) is 0 Å². The van der Waals surface area contributed by atoms with E-state index in [0.717, 1.165) is 23.7 Å². The van der Waals surface area contributed by atoms with Crippen LogP contribution in [0, 0.1) is 0 Å². The Labute approximate surface area is 131 Å². The van der Waals surface area contributed by atoms with Crippen molar-refractivity contribution in [2.75, 3.05) is 0 Å². The molecule has 0 spiro atoms. The number of benzene rings is 1. The smallest absolute Gasteiger partial charge is 0.0833 e. The van der Waals surface area contributed by atoms with Crippen LogP contribution in [0.5, 0.6) is 0 Å². The molecular weight excluding hydrogens is 282 g/mol. The molecule has 0 saturated carbocycles. The second-order valence-electron chi connectivity index (χ2n) is 6.02. The van der Waals surface area contributed by atoms with Crippen LogP contribution in [-0.2, 0) is 25.8 Å². The van der Waals surface area contributed by atoms with Crippen molar-refractivity contribution < 1.29 is 0 Å².